The van der Waals surface area contributed by atoms with E-state index in [0.717, 1.165) is 25.1 Å². The van der Waals surface area contributed by atoms with Gasteiger partial charge in [0.1, 0.15) is 0 Å². The number of nitrogens with zero attached hydrogens (tertiary/aromatic N) is 1. The molecule has 8 heteroatoms. The largest absolute Gasteiger partial charge is 0.351 e. The lowest BCUT2D eigenvalue weighted by Gasteiger charge is -2.10. The maximum atomic E-state index is 12.5. The van der Waals surface area contributed by atoms with Crippen molar-refractivity contribution < 1.29 is 13.2 Å². The van der Waals surface area contributed by atoms with Gasteiger partial charge in [-0.25, -0.2) is 13.2 Å². The molecule has 0 aliphatic carbocycles. The number of hydrogen-bond donors (Lipinski definition) is 3. The van der Waals surface area contributed by atoms with Crippen LogP contribution in [0, 0.1) is 0 Å². The third-order valence-corrected chi connectivity index (χ3v) is 6.42. The Hall–Kier alpha value is -3.36. The Labute approximate surface area is 189 Å². The first kappa shape index (κ1) is 23.3. The molecular formula is C24H28N4O3S. The topological polar surface area (TPSA) is 105 Å². The van der Waals surface area contributed by atoms with Crippen molar-refractivity contribution in [2.45, 2.75) is 31.3 Å². The summed E-state index contributed by atoms with van der Waals surface area (Å²) in [6.45, 7) is 3.84. The maximum Gasteiger partial charge on any atom is 0.316 e. The van der Waals surface area contributed by atoms with Crippen LogP contribution in [-0.4, -0.2) is 26.4 Å². The van der Waals surface area contributed by atoms with Gasteiger partial charge in [-0.2, -0.15) is 0 Å². The number of carbonyl (C=O) groups excluding carboxylic acids is 1. The molecule has 1 aliphatic heterocycles. The molecule has 0 atom stereocenters. The number of rotatable bonds is 5. The van der Waals surface area contributed by atoms with E-state index in [1.54, 1.807) is 6.07 Å². The molecule has 4 N–H and O–H groups in total. The van der Waals surface area contributed by atoms with Gasteiger partial charge in [0.15, 0.2) is 0 Å². The highest BCUT2D eigenvalue weighted by Crippen LogP contribution is 2.26. The minimum Gasteiger partial charge on any atom is -0.351 e. The standard InChI is InChI=1S/C16H18N4O3S.C8H10/c1-20-9-11-2-3-14(8-12(11)10-20)19-24(22,23)15-6-4-13(5-7-15)18-16(17)21;1-2-8-6-4-3-5-7-8/h2-8,19H,9-10H2,1H3,(H3,17,18,21);3-7H,2H2,1H3. The molecule has 4 rings (SSSR count). The van der Waals surface area contributed by atoms with Crippen LogP contribution < -0.4 is 15.8 Å². The highest BCUT2D eigenvalue weighted by Gasteiger charge is 2.18. The van der Waals surface area contributed by atoms with Gasteiger partial charge in [-0.1, -0.05) is 43.3 Å². The summed E-state index contributed by atoms with van der Waals surface area (Å²) in [5.74, 6) is 0. The van der Waals surface area contributed by atoms with Crippen molar-refractivity contribution in [3.8, 4) is 0 Å². The van der Waals surface area contributed by atoms with Crippen LogP contribution in [-0.2, 0) is 29.5 Å². The molecule has 32 heavy (non-hydrogen) atoms. The van der Waals surface area contributed by atoms with Crippen molar-refractivity contribution in [3.63, 3.8) is 0 Å². The molecule has 3 aromatic rings. The molecule has 1 aliphatic rings. The highest BCUT2D eigenvalue weighted by molar-refractivity contribution is 7.92. The molecule has 0 aromatic heterocycles. The van der Waals surface area contributed by atoms with E-state index >= 15 is 0 Å². The summed E-state index contributed by atoms with van der Waals surface area (Å²) in [5.41, 5.74) is 9.73. The average molecular weight is 453 g/mol. The smallest absolute Gasteiger partial charge is 0.316 e. The van der Waals surface area contributed by atoms with Gasteiger partial charge in [-0.3, -0.25) is 9.62 Å². The van der Waals surface area contributed by atoms with Crippen LogP contribution in [0.1, 0.15) is 23.6 Å². The van der Waals surface area contributed by atoms with E-state index in [4.69, 9.17) is 5.73 Å². The molecule has 7 nitrogen and oxygen atoms in total. The predicted octanol–water partition coefficient (Wildman–Crippen LogP) is 4.17. The number of urea groups is 1. The molecule has 0 saturated carbocycles. The summed E-state index contributed by atoms with van der Waals surface area (Å²) >= 11 is 0. The fourth-order valence-corrected chi connectivity index (χ4v) is 4.47. The SMILES string of the molecule is CCc1ccccc1.CN1Cc2ccc(NS(=O)(=O)c3ccc(NC(N)=O)cc3)cc2C1. The van der Waals surface area contributed by atoms with E-state index in [1.165, 1.54) is 35.4 Å². The molecule has 168 valence electrons. The van der Waals surface area contributed by atoms with Gasteiger partial charge in [0.05, 0.1) is 4.90 Å². The van der Waals surface area contributed by atoms with Crippen LogP contribution in [0.15, 0.2) is 77.7 Å². The van der Waals surface area contributed by atoms with Crippen LogP contribution in [0.5, 0.6) is 0 Å². The second-order valence-electron chi connectivity index (χ2n) is 7.61. The first-order valence-electron chi connectivity index (χ1n) is 10.3. The van der Waals surface area contributed by atoms with Crippen LogP contribution >= 0.6 is 0 Å². The first-order valence-corrected chi connectivity index (χ1v) is 11.8. The third kappa shape index (κ3) is 6.32. The molecule has 0 bridgehead atoms. The fraction of sp³-hybridized carbons (Fsp3) is 0.208. The summed E-state index contributed by atoms with van der Waals surface area (Å²) < 4.78 is 27.5. The van der Waals surface area contributed by atoms with Crippen molar-refractivity contribution in [1.29, 1.82) is 0 Å². The number of carbonyl (C=O) groups is 1. The second-order valence-corrected chi connectivity index (χ2v) is 9.30. The monoisotopic (exact) mass is 452 g/mol. The molecule has 0 spiro atoms. The number of benzene rings is 3. The Bertz CT molecular complexity index is 1160. The fourth-order valence-electron chi connectivity index (χ4n) is 3.42. The van der Waals surface area contributed by atoms with Crippen LogP contribution in [0.25, 0.3) is 0 Å². The summed E-state index contributed by atoms with van der Waals surface area (Å²) in [6.07, 6.45) is 1.14. The summed E-state index contributed by atoms with van der Waals surface area (Å²) in [7, 11) is -1.68. The summed E-state index contributed by atoms with van der Waals surface area (Å²) in [4.78, 5) is 13.1. The predicted molar refractivity (Wildman–Crippen MR) is 128 cm³/mol. The number of primary amides is 1. The number of nitrogens with one attached hydrogen (secondary N) is 2. The van der Waals surface area contributed by atoms with Crippen molar-refractivity contribution in [3.05, 3.63) is 89.5 Å². The second kappa shape index (κ2) is 10.3. The number of sulfonamides is 1. The molecule has 3 aromatic carbocycles. The number of nitrogens with two attached hydrogens (primary N) is 1. The molecule has 0 fully saturated rings. The first-order chi connectivity index (χ1) is 15.3. The van der Waals surface area contributed by atoms with Crippen LogP contribution in [0.2, 0.25) is 0 Å². The third-order valence-electron chi connectivity index (χ3n) is 5.02. The van der Waals surface area contributed by atoms with E-state index < -0.39 is 16.1 Å². The molecular weight excluding hydrogens is 424 g/mol. The van der Waals surface area contributed by atoms with Gasteiger partial charge in [-0.05, 0) is 66.6 Å². The number of aryl methyl sites for hydroxylation is 1. The zero-order chi connectivity index (χ0) is 23.1. The van der Waals surface area contributed by atoms with E-state index in [-0.39, 0.29) is 4.90 Å². The molecule has 0 saturated heterocycles. The van der Waals surface area contributed by atoms with Crippen LogP contribution in [0.4, 0.5) is 16.2 Å². The zero-order valence-corrected chi connectivity index (χ0v) is 19.0. The van der Waals surface area contributed by atoms with Crippen molar-refractivity contribution in [2.24, 2.45) is 5.73 Å². The minimum atomic E-state index is -3.70. The Balaban J connectivity index is 0.000000305. The normalized spacial score (nSPS) is 12.9. The summed E-state index contributed by atoms with van der Waals surface area (Å²) in [6, 6.07) is 21.1. The van der Waals surface area contributed by atoms with E-state index in [1.807, 2.05) is 25.2 Å². The van der Waals surface area contributed by atoms with Gasteiger partial charge in [0.25, 0.3) is 10.0 Å². The Morgan fingerprint density at radius 1 is 0.938 bits per heavy atom. The van der Waals surface area contributed by atoms with E-state index in [0.29, 0.717) is 11.4 Å². The van der Waals surface area contributed by atoms with Crippen molar-refractivity contribution in [1.82, 2.24) is 4.90 Å². The number of fused-ring (bicyclic) bond motifs is 1. The zero-order valence-electron chi connectivity index (χ0n) is 18.2. The lowest BCUT2D eigenvalue weighted by atomic mass is 10.1. The van der Waals surface area contributed by atoms with E-state index in [2.05, 4.69) is 46.1 Å². The Morgan fingerprint density at radius 2 is 1.56 bits per heavy atom. The average Bonchev–Trinajstić information content (AvgIpc) is 3.14. The van der Waals surface area contributed by atoms with Gasteiger partial charge < -0.3 is 11.1 Å². The quantitative estimate of drug-likeness (QED) is 0.540. The van der Waals surface area contributed by atoms with Gasteiger partial charge >= 0.3 is 6.03 Å². The highest BCUT2D eigenvalue weighted by atomic mass is 32.2. The molecule has 0 radical (unpaired) electrons. The lowest BCUT2D eigenvalue weighted by Crippen LogP contribution is -2.19. The Kier molecular flexibility index (Phi) is 7.50. The molecule has 1 heterocycles. The summed E-state index contributed by atoms with van der Waals surface area (Å²) in [5, 5.41) is 2.38. The van der Waals surface area contributed by atoms with Crippen molar-refractivity contribution in [2.75, 3.05) is 17.1 Å². The van der Waals surface area contributed by atoms with Gasteiger partial charge in [0.2, 0.25) is 0 Å². The molecule has 2 amide bonds. The van der Waals surface area contributed by atoms with E-state index in [9.17, 15) is 13.2 Å². The van der Waals surface area contributed by atoms with Gasteiger partial charge in [-0.15, -0.1) is 0 Å². The maximum absolute atomic E-state index is 12.5. The number of anilines is 2. The van der Waals surface area contributed by atoms with Crippen molar-refractivity contribution >= 4 is 27.4 Å². The lowest BCUT2D eigenvalue weighted by molar-refractivity contribution is 0.259. The molecule has 0 unspecified atom stereocenters. The minimum absolute atomic E-state index is 0.107. The van der Waals surface area contributed by atoms with Gasteiger partial charge in [0, 0.05) is 24.5 Å². The number of hydrogen-bond acceptors (Lipinski definition) is 4. The van der Waals surface area contributed by atoms with Crippen LogP contribution in [0.3, 0.4) is 0 Å². The Morgan fingerprint density at radius 3 is 2.16 bits per heavy atom. The number of amides is 2.